The van der Waals surface area contributed by atoms with E-state index in [1.165, 1.54) is 5.56 Å². The second kappa shape index (κ2) is 9.00. The molecule has 25 heavy (non-hydrogen) atoms. The van der Waals surface area contributed by atoms with E-state index in [0.717, 1.165) is 22.5 Å². The number of halogens is 1. The summed E-state index contributed by atoms with van der Waals surface area (Å²) in [6.07, 6.45) is 2.48. The van der Waals surface area contributed by atoms with Crippen LogP contribution in [-0.4, -0.2) is 29.1 Å². The van der Waals surface area contributed by atoms with E-state index < -0.39 is 0 Å². The Morgan fingerprint density at radius 3 is 2.68 bits per heavy atom. The first-order valence-corrected chi connectivity index (χ1v) is 9.53. The normalized spacial score (nSPS) is 15.8. The van der Waals surface area contributed by atoms with E-state index in [1.807, 2.05) is 51.9 Å². The van der Waals surface area contributed by atoms with Crippen molar-refractivity contribution in [3.8, 4) is 0 Å². The number of rotatable bonds is 5. The second-order valence-corrected chi connectivity index (χ2v) is 7.15. The summed E-state index contributed by atoms with van der Waals surface area (Å²) in [5, 5.41) is 13.4. The molecule has 6 nitrogen and oxygen atoms in total. The van der Waals surface area contributed by atoms with Crippen molar-refractivity contribution in [2.45, 2.75) is 6.42 Å². The van der Waals surface area contributed by atoms with Crippen molar-refractivity contribution >= 4 is 45.7 Å². The van der Waals surface area contributed by atoms with Crippen molar-refractivity contribution in [3.63, 3.8) is 0 Å². The Labute approximate surface area is 160 Å². The average molecular weight is 419 g/mol. The average Bonchev–Trinajstić information content (AvgIpc) is 3.16. The number of hydrazine groups is 1. The third-order valence-electron chi connectivity index (χ3n) is 3.49. The molecular weight excluding hydrogens is 400 g/mol. The zero-order chi connectivity index (χ0) is 17.5. The number of benzene rings is 2. The molecule has 2 aromatic carbocycles. The van der Waals surface area contributed by atoms with Crippen LogP contribution >= 0.6 is 27.9 Å². The molecule has 0 aromatic heterocycles. The number of hydrogen-bond donors (Lipinski definition) is 2. The van der Waals surface area contributed by atoms with Gasteiger partial charge in [-0.05, 0) is 41.8 Å². The van der Waals surface area contributed by atoms with Gasteiger partial charge in [0, 0.05) is 17.1 Å². The molecule has 1 aliphatic heterocycles. The molecule has 0 bridgehead atoms. The molecule has 0 unspecified atom stereocenters. The fourth-order valence-corrected chi connectivity index (χ4v) is 3.37. The molecule has 0 aliphatic carbocycles. The van der Waals surface area contributed by atoms with Crippen LogP contribution in [0.5, 0.6) is 0 Å². The Balaban J connectivity index is 1.73. The molecule has 130 valence electrons. The van der Waals surface area contributed by atoms with Crippen molar-refractivity contribution in [1.82, 2.24) is 9.73 Å². The van der Waals surface area contributed by atoms with Crippen LogP contribution in [0.2, 0.25) is 0 Å². The van der Waals surface area contributed by atoms with Gasteiger partial charge in [-0.1, -0.05) is 46.3 Å². The molecule has 1 heterocycles. The molecular formula is C17H19BrN6S. The van der Waals surface area contributed by atoms with Crippen LogP contribution in [0.4, 0.5) is 5.69 Å². The summed E-state index contributed by atoms with van der Waals surface area (Å²) in [4.78, 5) is 0. The van der Waals surface area contributed by atoms with Crippen LogP contribution in [0, 0.1) is 0 Å². The first kappa shape index (κ1) is 17.9. The number of nitrogens with zero attached hydrogens (tertiary/aromatic N) is 4. The zero-order valence-electron chi connectivity index (χ0n) is 13.5. The maximum Gasteiger partial charge on any atom is 0.236 e. The first-order valence-electron chi connectivity index (χ1n) is 7.80. The minimum absolute atomic E-state index is 0.322. The number of anilines is 1. The van der Waals surface area contributed by atoms with Crippen molar-refractivity contribution in [2.24, 2.45) is 15.9 Å². The fraction of sp³-hybridized carbons (Fsp3) is 0.176. The number of hydrogen-bond acceptors (Lipinski definition) is 5. The summed E-state index contributed by atoms with van der Waals surface area (Å²) in [6, 6.07) is 18.0. The van der Waals surface area contributed by atoms with Gasteiger partial charge in [-0.3, -0.25) is 5.32 Å². The summed E-state index contributed by atoms with van der Waals surface area (Å²) in [6.45, 7) is 0.685. The van der Waals surface area contributed by atoms with Crippen LogP contribution < -0.4 is 16.1 Å². The Bertz CT molecular complexity index is 729. The molecule has 1 fully saturated rings. The highest BCUT2D eigenvalue weighted by Gasteiger charge is 2.24. The van der Waals surface area contributed by atoms with Gasteiger partial charge in [0.05, 0.1) is 18.2 Å². The smallest absolute Gasteiger partial charge is 0.236 e. The molecule has 0 radical (unpaired) electrons. The van der Waals surface area contributed by atoms with Gasteiger partial charge >= 0.3 is 0 Å². The SMILES string of the molecule is N/C(=N\N=C\Cc1ccccc1)N(c1ccc(Br)cc1)N1CNCS1. The van der Waals surface area contributed by atoms with Crippen LogP contribution in [-0.2, 0) is 6.42 Å². The van der Waals surface area contributed by atoms with Gasteiger partial charge in [0.15, 0.2) is 0 Å². The van der Waals surface area contributed by atoms with E-state index in [-0.39, 0.29) is 0 Å². The minimum atomic E-state index is 0.322. The zero-order valence-corrected chi connectivity index (χ0v) is 15.9. The molecule has 8 heteroatoms. The fourth-order valence-electron chi connectivity index (χ4n) is 2.30. The minimum Gasteiger partial charge on any atom is -0.367 e. The molecule has 0 spiro atoms. The van der Waals surface area contributed by atoms with Crippen LogP contribution in [0.25, 0.3) is 0 Å². The third kappa shape index (κ3) is 5.05. The van der Waals surface area contributed by atoms with E-state index in [9.17, 15) is 0 Å². The maximum absolute atomic E-state index is 6.21. The molecule has 0 saturated carbocycles. The Kier molecular flexibility index (Phi) is 6.46. The molecule has 0 atom stereocenters. The van der Waals surface area contributed by atoms with Crippen molar-refractivity contribution < 1.29 is 0 Å². The van der Waals surface area contributed by atoms with E-state index in [1.54, 1.807) is 18.2 Å². The highest BCUT2D eigenvalue weighted by atomic mass is 79.9. The summed E-state index contributed by atoms with van der Waals surface area (Å²) in [7, 11) is 0. The monoisotopic (exact) mass is 418 g/mol. The van der Waals surface area contributed by atoms with Crippen LogP contribution in [0.1, 0.15) is 5.56 Å². The lowest BCUT2D eigenvalue weighted by molar-refractivity contribution is 0.488. The molecule has 1 saturated heterocycles. The lowest BCUT2D eigenvalue weighted by Gasteiger charge is -2.29. The molecule has 3 rings (SSSR count). The highest BCUT2D eigenvalue weighted by Crippen LogP contribution is 2.25. The van der Waals surface area contributed by atoms with Gasteiger partial charge in [-0.25, -0.2) is 5.01 Å². The number of nitrogens with two attached hydrogens (primary N) is 1. The van der Waals surface area contributed by atoms with E-state index in [2.05, 4.69) is 43.6 Å². The summed E-state index contributed by atoms with van der Waals surface area (Å²) < 4.78 is 3.04. The van der Waals surface area contributed by atoms with Crippen LogP contribution in [0.15, 0.2) is 69.3 Å². The van der Waals surface area contributed by atoms with Gasteiger partial charge in [0.25, 0.3) is 0 Å². The van der Waals surface area contributed by atoms with Crippen molar-refractivity contribution in [2.75, 3.05) is 17.6 Å². The Morgan fingerprint density at radius 1 is 1.24 bits per heavy atom. The van der Waals surface area contributed by atoms with E-state index in [0.29, 0.717) is 12.6 Å². The maximum atomic E-state index is 6.21. The largest absolute Gasteiger partial charge is 0.367 e. The summed E-state index contributed by atoms with van der Waals surface area (Å²) in [5.41, 5.74) is 8.33. The predicted molar refractivity (Wildman–Crippen MR) is 109 cm³/mol. The highest BCUT2D eigenvalue weighted by molar-refractivity contribution is 9.10. The summed E-state index contributed by atoms with van der Waals surface area (Å²) in [5.74, 6) is 1.15. The number of nitrogens with one attached hydrogen (secondary N) is 1. The van der Waals surface area contributed by atoms with E-state index >= 15 is 0 Å². The lowest BCUT2D eigenvalue weighted by atomic mass is 10.2. The lowest BCUT2D eigenvalue weighted by Crippen LogP contribution is -2.47. The molecule has 2 aromatic rings. The number of guanidine groups is 1. The Hall–Kier alpha value is -1.87. The standard InChI is InChI=1S/C17H19BrN6S/c18-15-6-8-16(9-7-15)24(23-12-20-13-25-23)17(19)22-21-11-10-14-4-2-1-3-5-14/h1-9,11,20H,10,12-13H2,(H2,19,22)/b21-11+. The second-order valence-electron chi connectivity index (χ2n) is 5.27. The topological polar surface area (TPSA) is 69.2 Å². The van der Waals surface area contributed by atoms with Crippen molar-refractivity contribution in [1.29, 1.82) is 0 Å². The quantitative estimate of drug-likeness (QED) is 0.337. The third-order valence-corrected chi connectivity index (χ3v) is 4.94. The van der Waals surface area contributed by atoms with Gasteiger partial charge < -0.3 is 5.73 Å². The van der Waals surface area contributed by atoms with Crippen molar-refractivity contribution in [3.05, 3.63) is 64.6 Å². The molecule has 0 amide bonds. The molecule has 3 N–H and O–H groups in total. The molecule has 1 aliphatic rings. The van der Waals surface area contributed by atoms with E-state index in [4.69, 9.17) is 5.73 Å². The Morgan fingerprint density at radius 2 is 2.00 bits per heavy atom. The van der Waals surface area contributed by atoms with Crippen LogP contribution in [0.3, 0.4) is 0 Å². The first-order chi connectivity index (χ1) is 12.2. The van der Waals surface area contributed by atoms with Gasteiger partial charge in [0.2, 0.25) is 5.96 Å². The van der Waals surface area contributed by atoms with Gasteiger partial charge in [-0.15, -0.1) is 9.52 Å². The predicted octanol–water partition coefficient (Wildman–Crippen LogP) is 3.18. The van der Waals surface area contributed by atoms with Gasteiger partial charge in [0.1, 0.15) is 0 Å². The summed E-state index contributed by atoms with van der Waals surface area (Å²) >= 11 is 5.09. The van der Waals surface area contributed by atoms with Gasteiger partial charge in [-0.2, -0.15) is 5.10 Å².